The minimum Gasteiger partial charge on any atom is -0.492 e. The van der Waals surface area contributed by atoms with Crippen LogP contribution in [0.4, 0.5) is 0 Å². The Kier molecular flexibility index (Phi) is 5.91. The van der Waals surface area contributed by atoms with Crippen LogP contribution in [0.1, 0.15) is 35.1 Å². The van der Waals surface area contributed by atoms with Crippen molar-refractivity contribution in [2.45, 2.75) is 26.7 Å². The number of nitrogens with zero attached hydrogens (tertiary/aromatic N) is 1. The number of hydrogen-bond acceptors (Lipinski definition) is 4. The van der Waals surface area contributed by atoms with Gasteiger partial charge in [0, 0.05) is 6.20 Å². The van der Waals surface area contributed by atoms with E-state index in [1.807, 2.05) is 24.3 Å². The van der Waals surface area contributed by atoms with E-state index in [-0.39, 0.29) is 5.56 Å². The summed E-state index contributed by atoms with van der Waals surface area (Å²) in [6.45, 7) is 4.43. The maximum Gasteiger partial charge on any atom is 0.263 e. The van der Waals surface area contributed by atoms with Gasteiger partial charge >= 0.3 is 0 Å². The molecule has 0 fully saturated rings. The lowest BCUT2D eigenvalue weighted by atomic mass is 10.1. The van der Waals surface area contributed by atoms with Gasteiger partial charge in [-0.05, 0) is 31.0 Å². The summed E-state index contributed by atoms with van der Waals surface area (Å²) in [5, 5.41) is 2.64. The summed E-state index contributed by atoms with van der Waals surface area (Å²) in [5.41, 5.74) is 0.834. The molecule has 23 heavy (non-hydrogen) atoms. The molecule has 1 amide bonds. The van der Waals surface area contributed by atoms with Crippen LogP contribution >= 0.6 is 0 Å². The summed E-state index contributed by atoms with van der Waals surface area (Å²) in [6.07, 6.45) is 3.44. The standard InChI is InChI=1S/C17H21N3O3/c1-3-4-13-5-7-14(8-6-13)23-10-9-18-16(21)15-11-19-12(2)20-17(15)22/h5-8,11H,3-4,9-10H2,1-2H3,(H,18,21)(H,19,20,22). The predicted molar refractivity (Wildman–Crippen MR) is 87.9 cm³/mol. The number of amides is 1. The summed E-state index contributed by atoms with van der Waals surface area (Å²) in [4.78, 5) is 29.9. The molecule has 2 aromatic rings. The van der Waals surface area contributed by atoms with Crippen LogP contribution in [0.5, 0.6) is 5.75 Å². The van der Waals surface area contributed by atoms with Gasteiger partial charge in [-0.15, -0.1) is 0 Å². The third kappa shape index (κ3) is 4.95. The Balaban J connectivity index is 1.78. The average Bonchev–Trinajstić information content (AvgIpc) is 2.53. The Morgan fingerprint density at radius 1 is 1.30 bits per heavy atom. The fraction of sp³-hybridized carbons (Fsp3) is 0.353. The normalized spacial score (nSPS) is 10.3. The van der Waals surface area contributed by atoms with Gasteiger partial charge in [-0.3, -0.25) is 9.59 Å². The largest absolute Gasteiger partial charge is 0.492 e. The van der Waals surface area contributed by atoms with Crippen LogP contribution in [0.15, 0.2) is 35.3 Å². The first-order chi connectivity index (χ1) is 11.1. The molecule has 2 rings (SSSR count). The van der Waals surface area contributed by atoms with Crippen LogP contribution < -0.4 is 15.6 Å². The van der Waals surface area contributed by atoms with E-state index in [2.05, 4.69) is 22.2 Å². The lowest BCUT2D eigenvalue weighted by Gasteiger charge is -2.08. The van der Waals surface area contributed by atoms with Crippen molar-refractivity contribution < 1.29 is 9.53 Å². The molecule has 122 valence electrons. The molecule has 0 aliphatic carbocycles. The lowest BCUT2D eigenvalue weighted by molar-refractivity contribution is 0.0945. The lowest BCUT2D eigenvalue weighted by Crippen LogP contribution is -2.32. The third-order valence-electron chi connectivity index (χ3n) is 3.29. The number of carbonyl (C=O) groups is 1. The van der Waals surface area contributed by atoms with E-state index in [4.69, 9.17) is 4.74 Å². The number of aryl methyl sites for hydroxylation is 2. The van der Waals surface area contributed by atoms with Crippen LogP contribution in [-0.2, 0) is 6.42 Å². The SMILES string of the molecule is CCCc1ccc(OCCNC(=O)c2cnc(C)[nH]c2=O)cc1. The molecule has 1 aromatic carbocycles. The Morgan fingerprint density at radius 2 is 2.04 bits per heavy atom. The average molecular weight is 315 g/mol. The number of rotatable bonds is 7. The maximum atomic E-state index is 11.9. The fourth-order valence-corrected chi connectivity index (χ4v) is 2.12. The van der Waals surface area contributed by atoms with Gasteiger partial charge in [-0.2, -0.15) is 0 Å². The third-order valence-corrected chi connectivity index (χ3v) is 3.29. The molecule has 1 heterocycles. The fourth-order valence-electron chi connectivity index (χ4n) is 2.12. The molecule has 6 heteroatoms. The van der Waals surface area contributed by atoms with Gasteiger partial charge in [0.2, 0.25) is 0 Å². The molecule has 2 N–H and O–H groups in total. The number of benzene rings is 1. The second-order valence-electron chi connectivity index (χ2n) is 5.21. The number of nitrogens with one attached hydrogen (secondary N) is 2. The minimum absolute atomic E-state index is 0.000446. The molecule has 0 saturated carbocycles. The first-order valence-electron chi connectivity index (χ1n) is 7.66. The molecule has 0 aliphatic rings. The number of ether oxygens (including phenoxy) is 1. The van der Waals surface area contributed by atoms with Gasteiger partial charge in [0.1, 0.15) is 23.7 Å². The Bertz CT molecular complexity index is 708. The first kappa shape index (κ1) is 16.7. The van der Waals surface area contributed by atoms with Crippen molar-refractivity contribution >= 4 is 5.91 Å². The van der Waals surface area contributed by atoms with Crippen LogP contribution in [0.2, 0.25) is 0 Å². The highest BCUT2D eigenvalue weighted by Crippen LogP contribution is 2.13. The summed E-state index contributed by atoms with van der Waals surface area (Å²) in [5.74, 6) is 0.774. The van der Waals surface area contributed by atoms with E-state index in [1.165, 1.54) is 11.8 Å². The van der Waals surface area contributed by atoms with Crippen LogP contribution in [0, 0.1) is 6.92 Å². The van der Waals surface area contributed by atoms with Crippen molar-refractivity contribution in [1.82, 2.24) is 15.3 Å². The second kappa shape index (κ2) is 8.12. The summed E-state index contributed by atoms with van der Waals surface area (Å²) in [7, 11) is 0. The van der Waals surface area contributed by atoms with E-state index >= 15 is 0 Å². The van der Waals surface area contributed by atoms with Crippen molar-refractivity contribution in [2.75, 3.05) is 13.2 Å². The highest BCUT2D eigenvalue weighted by molar-refractivity contribution is 5.93. The molecule has 0 spiro atoms. The molecule has 0 radical (unpaired) electrons. The molecule has 0 unspecified atom stereocenters. The second-order valence-corrected chi connectivity index (χ2v) is 5.21. The zero-order valence-electron chi connectivity index (χ0n) is 13.4. The number of carbonyl (C=O) groups excluding carboxylic acids is 1. The molecular weight excluding hydrogens is 294 g/mol. The van der Waals surface area contributed by atoms with Crippen molar-refractivity contribution in [1.29, 1.82) is 0 Å². The van der Waals surface area contributed by atoms with Gasteiger partial charge in [0.25, 0.3) is 11.5 Å². The Labute approximate surface area is 134 Å². The number of aromatic nitrogens is 2. The molecule has 0 atom stereocenters. The van der Waals surface area contributed by atoms with Crippen molar-refractivity contribution in [3.8, 4) is 5.75 Å². The highest BCUT2D eigenvalue weighted by atomic mass is 16.5. The monoisotopic (exact) mass is 315 g/mol. The zero-order valence-corrected chi connectivity index (χ0v) is 13.4. The van der Waals surface area contributed by atoms with E-state index in [0.29, 0.717) is 19.0 Å². The molecule has 0 saturated heterocycles. The molecule has 0 aliphatic heterocycles. The first-order valence-corrected chi connectivity index (χ1v) is 7.66. The van der Waals surface area contributed by atoms with Crippen molar-refractivity contribution in [3.05, 3.63) is 57.8 Å². The summed E-state index contributed by atoms with van der Waals surface area (Å²) in [6, 6.07) is 7.91. The molecular formula is C17H21N3O3. The van der Waals surface area contributed by atoms with Gasteiger partial charge in [-0.1, -0.05) is 25.5 Å². The predicted octanol–water partition coefficient (Wildman–Crippen LogP) is 1.84. The zero-order chi connectivity index (χ0) is 16.7. The summed E-state index contributed by atoms with van der Waals surface area (Å²) < 4.78 is 5.56. The number of H-pyrrole nitrogens is 1. The van der Waals surface area contributed by atoms with Gasteiger partial charge in [-0.25, -0.2) is 4.98 Å². The maximum absolute atomic E-state index is 11.9. The topological polar surface area (TPSA) is 84.1 Å². The van der Waals surface area contributed by atoms with Crippen molar-refractivity contribution in [2.24, 2.45) is 0 Å². The Hall–Kier alpha value is -2.63. The smallest absolute Gasteiger partial charge is 0.263 e. The van der Waals surface area contributed by atoms with E-state index in [0.717, 1.165) is 18.6 Å². The quantitative estimate of drug-likeness (QED) is 0.764. The van der Waals surface area contributed by atoms with Crippen molar-refractivity contribution in [3.63, 3.8) is 0 Å². The van der Waals surface area contributed by atoms with E-state index in [1.54, 1.807) is 6.92 Å². The molecule has 6 nitrogen and oxygen atoms in total. The van der Waals surface area contributed by atoms with E-state index in [9.17, 15) is 9.59 Å². The molecule has 0 bridgehead atoms. The highest BCUT2D eigenvalue weighted by Gasteiger charge is 2.10. The van der Waals surface area contributed by atoms with Gasteiger partial charge in [0.05, 0.1) is 6.54 Å². The van der Waals surface area contributed by atoms with Crippen LogP contribution in [0.3, 0.4) is 0 Å². The van der Waals surface area contributed by atoms with Crippen LogP contribution in [-0.4, -0.2) is 29.0 Å². The van der Waals surface area contributed by atoms with Gasteiger partial charge < -0.3 is 15.0 Å². The van der Waals surface area contributed by atoms with Gasteiger partial charge in [0.15, 0.2) is 0 Å². The summed E-state index contributed by atoms with van der Waals surface area (Å²) >= 11 is 0. The Morgan fingerprint density at radius 3 is 2.70 bits per heavy atom. The van der Waals surface area contributed by atoms with E-state index < -0.39 is 11.5 Å². The van der Waals surface area contributed by atoms with Crippen LogP contribution in [0.25, 0.3) is 0 Å². The molecule has 1 aromatic heterocycles. The number of aromatic amines is 1. The minimum atomic E-state index is -0.458. The number of hydrogen-bond donors (Lipinski definition) is 2.